The standard InChI is InChI=1S/C23H17N3O5/c27-21(24-16-8-2-1-3-9-16)20(14-15-7-6-10-17(13-15)26(30)31)25-22(28)18-11-4-5-12-19(18)23(25)29/h1-13,20H,14H2,(H,24,27). The van der Waals surface area contributed by atoms with Crippen LogP contribution in [0.1, 0.15) is 26.3 Å². The van der Waals surface area contributed by atoms with Crippen LogP contribution < -0.4 is 5.32 Å². The Bertz CT molecular complexity index is 1160. The van der Waals surface area contributed by atoms with Crippen LogP contribution in [0.15, 0.2) is 78.9 Å². The van der Waals surface area contributed by atoms with Crippen LogP contribution in [-0.4, -0.2) is 33.6 Å². The molecule has 1 N–H and O–H groups in total. The van der Waals surface area contributed by atoms with Crippen LogP contribution in [0.2, 0.25) is 0 Å². The second-order valence-electron chi connectivity index (χ2n) is 7.03. The van der Waals surface area contributed by atoms with Gasteiger partial charge in [-0.2, -0.15) is 0 Å². The van der Waals surface area contributed by atoms with Crippen molar-refractivity contribution in [1.29, 1.82) is 0 Å². The van der Waals surface area contributed by atoms with Crippen molar-refractivity contribution in [2.45, 2.75) is 12.5 Å². The molecule has 3 aromatic rings. The fourth-order valence-corrected chi connectivity index (χ4v) is 3.56. The number of nitro groups is 1. The first-order chi connectivity index (χ1) is 15.0. The number of nitro benzene ring substituents is 1. The molecule has 0 bridgehead atoms. The maximum Gasteiger partial charge on any atom is 0.269 e. The number of carbonyl (C=O) groups excluding carboxylic acids is 3. The highest BCUT2D eigenvalue weighted by Gasteiger charge is 2.42. The Labute approximate surface area is 177 Å². The summed E-state index contributed by atoms with van der Waals surface area (Å²) in [5, 5.41) is 13.9. The van der Waals surface area contributed by atoms with Gasteiger partial charge in [-0.15, -0.1) is 0 Å². The molecule has 0 radical (unpaired) electrons. The third-order valence-corrected chi connectivity index (χ3v) is 5.03. The van der Waals surface area contributed by atoms with Gasteiger partial charge in [0, 0.05) is 24.2 Å². The maximum atomic E-state index is 13.2. The quantitative estimate of drug-likeness (QED) is 0.377. The van der Waals surface area contributed by atoms with Crippen LogP contribution in [0.25, 0.3) is 0 Å². The fraction of sp³-hybridized carbons (Fsp3) is 0.0870. The Hall–Kier alpha value is -4.33. The molecule has 8 nitrogen and oxygen atoms in total. The normalized spacial score (nSPS) is 13.6. The maximum absolute atomic E-state index is 13.2. The van der Waals surface area contributed by atoms with Gasteiger partial charge in [0.25, 0.3) is 17.5 Å². The van der Waals surface area contributed by atoms with Crippen LogP contribution in [-0.2, 0) is 11.2 Å². The van der Waals surface area contributed by atoms with Crippen LogP contribution in [0, 0.1) is 10.1 Å². The van der Waals surface area contributed by atoms with Crippen LogP contribution >= 0.6 is 0 Å². The van der Waals surface area contributed by atoms with E-state index in [1.807, 2.05) is 0 Å². The van der Waals surface area contributed by atoms with Crippen molar-refractivity contribution in [3.05, 3.63) is 106 Å². The molecule has 0 saturated carbocycles. The molecular weight excluding hydrogens is 398 g/mol. The number of anilines is 1. The summed E-state index contributed by atoms with van der Waals surface area (Å²) in [5.41, 5.74) is 1.28. The molecule has 31 heavy (non-hydrogen) atoms. The van der Waals surface area contributed by atoms with Gasteiger partial charge < -0.3 is 5.32 Å². The average Bonchev–Trinajstić information content (AvgIpc) is 3.03. The third-order valence-electron chi connectivity index (χ3n) is 5.03. The summed E-state index contributed by atoms with van der Waals surface area (Å²) in [6.07, 6.45) is -0.0637. The van der Waals surface area contributed by atoms with Gasteiger partial charge in [0.1, 0.15) is 6.04 Å². The molecule has 1 aliphatic heterocycles. The first-order valence-electron chi connectivity index (χ1n) is 9.52. The Kier molecular flexibility index (Phi) is 5.28. The number of hydrogen-bond acceptors (Lipinski definition) is 5. The Balaban J connectivity index is 1.70. The lowest BCUT2D eigenvalue weighted by Crippen LogP contribution is -2.48. The highest BCUT2D eigenvalue weighted by atomic mass is 16.6. The number of non-ortho nitro benzene ring substituents is 1. The van der Waals surface area contributed by atoms with Gasteiger partial charge in [0.05, 0.1) is 16.1 Å². The number of imide groups is 1. The van der Waals surface area contributed by atoms with E-state index in [2.05, 4.69) is 5.32 Å². The summed E-state index contributed by atoms with van der Waals surface area (Å²) in [4.78, 5) is 50.7. The van der Waals surface area contributed by atoms with Gasteiger partial charge in [0.2, 0.25) is 5.91 Å². The minimum Gasteiger partial charge on any atom is -0.324 e. The summed E-state index contributed by atoms with van der Waals surface area (Å²) < 4.78 is 0. The molecule has 3 aromatic carbocycles. The fourth-order valence-electron chi connectivity index (χ4n) is 3.56. The SMILES string of the molecule is O=C(Nc1ccccc1)C(Cc1cccc([N+](=O)[O-])c1)N1C(=O)c2ccccc2C1=O. The third kappa shape index (κ3) is 3.91. The zero-order valence-corrected chi connectivity index (χ0v) is 16.2. The van der Waals surface area contributed by atoms with Crippen molar-refractivity contribution in [3.63, 3.8) is 0 Å². The monoisotopic (exact) mass is 415 g/mol. The molecule has 154 valence electrons. The van der Waals surface area contributed by atoms with E-state index >= 15 is 0 Å². The predicted molar refractivity (Wildman–Crippen MR) is 113 cm³/mol. The molecule has 0 saturated heterocycles. The lowest BCUT2D eigenvalue weighted by molar-refractivity contribution is -0.384. The van der Waals surface area contributed by atoms with Crippen molar-refractivity contribution in [2.75, 3.05) is 5.32 Å². The number of fused-ring (bicyclic) bond motifs is 1. The topological polar surface area (TPSA) is 110 Å². The molecule has 1 heterocycles. The predicted octanol–water partition coefficient (Wildman–Crippen LogP) is 3.44. The number of para-hydroxylation sites is 1. The second-order valence-corrected chi connectivity index (χ2v) is 7.03. The zero-order chi connectivity index (χ0) is 22.0. The van der Waals surface area contributed by atoms with Crippen molar-refractivity contribution in [3.8, 4) is 0 Å². The van der Waals surface area contributed by atoms with Gasteiger partial charge >= 0.3 is 0 Å². The number of nitrogens with zero attached hydrogens (tertiary/aromatic N) is 2. The number of amides is 3. The van der Waals surface area contributed by atoms with Gasteiger partial charge in [0.15, 0.2) is 0 Å². The lowest BCUT2D eigenvalue weighted by Gasteiger charge is -2.25. The Morgan fingerprint density at radius 3 is 2.13 bits per heavy atom. The minimum absolute atomic E-state index is 0.0637. The molecule has 1 atom stereocenters. The second kappa shape index (κ2) is 8.19. The molecule has 0 aromatic heterocycles. The summed E-state index contributed by atoms with van der Waals surface area (Å²) >= 11 is 0. The Morgan fingerprint density at radius 2 is 1.52 bits per heavy atom. The van der Waals surface area contributed by atoms with Crippen molar-refractivity contribution < 1.29 is 19.3 Å². The molecule has 0 fully saturated rings. The Morgan fingerprint density at radius 1 is 0.903 bits per heavy atom. The number of carbonyl (C=O) groups is 3. The van der Waals surface area contributed by atoms with E-state index in [-0.39, 0.29) is 23.2 Å². The van der Waals surface area contributed by atoms with Crippen molar-refractivity contribution >= 4 is 29.1 Å². The van der Waals surface area contributed by atoms with Crippen molar-refractivity contribution in [2.24, 2.45) is 0 Å². The van der Waals surface area contributed by atoms with Crippen LogP contribution in [0.4, 0.5) is 11.4 Å². The first kappa shape index (κ1) is 20.0. The molecule has 3 amide bonds. The van der Waals surface area contributed by atoms with E-state index < -0.39 is 28.7 Å². The molecule has 4 rings (SSSR count). The smallest absolute Gasteiger partial charge is 0.269 e. The van der Waals surface area contributed by atoms with Gasteiger partial charge in [-0.1, -0.05) is 42.5 Å². The van der Waals surface area contributed by atoms with E-state index in [1.54, 1.807) is 48.5 Å². The van der Waals surface area contributed by atoms with Gasteiger partial charge in [-0.25, -0.2) is 0 Å². The summed E-state index contributed by atoms with van der Waals surface area (Å²) in [5.74, 6) is -1.70. The van der Waals surface area contributed by atoms with Gasteiger partial charge in [-0.05, 0) is 29.8 Å². The molecule has 1 aliphatic rings. The summed E-state index contributed by atoms with van der Waals surface area (Å²) in [6, 6.07) is 19.6. The number of benzene rings is 3. The highest BCUT2D eigenvalue weighted by Crippen LogP contribution is 2.27. The van der Waals surface area contributed by atoms with E-state index in [0.29, 0.717) is 11.3 Å². The van der Waals surface area contributed by atoms with Gasteiger partial charge in [-0.3, -0.25) is 29.4 Å². The first-order valence-corrected chi connectivity index (χ1v) is 9.52. The zero-order valence-electron chi connectivity index (χ0n) is 16.2. The summed E-state index contributed by atoms with van der Waals surface area (Å²) in [7, 11) is 0. The summed E-state index contributed by atoms with van der Waals surface area (Å²) in [6.45, 7) is 0. The highest BCUT2D eigenvalue weighted by molar-refractivity contribution is 6.23. The van der Waals surface area contributed by atoms with Crippen molar-refractivity contribution in [1.82, 2.24) is 4.90 Å². The average molecular weight is 415 g/mol. The number of hydrogen-bond donors (Lipinski definition) is 1. The number of nitrogens with one attached hydrogen (secondary N) is 1. The van der Waals surface area contributed by atoms with E-state index in [9.17, 15) is 24.5 Å². The lowest BCUT2D eigenvalue weighted by atomic mass is 10.0. The van der Waals surface area contributed by atoms with E-state index in [1.165, 1.54) is 30.3 Å². The molecule has 8 heteroatoms. The van der Waals surface area contributed by atoms with Crippen LogP contribution in [0.3, 0.4) is 0 Å². The molecule has 1 unspecified atom stereocenters. The molecule has 0 aliphatic carbocycles. The van der Waals surface area contributed by atoms with Crippen LogP contribution in [0.5, 0.6) is 0 Å². The largest absolute Gasteiger partial charge is 0.324 e. The molecular formula is C23H17N3O5. The van der Waals surface area contributed by atoms with E-state index in [0.717, 1.165) is 4.90 Å². The van der Waals surface area contributed by atoms with E-state index in [4.69, 9.17) is 0 Å². The molecule has 0 spiro atoms. The number of rotatable bonds is 6. The minimum atomic E-state index is -1.19.